The summed E-state index contributed by atoms with van der Waals surface area (Å²) in [7, 11) is 0. The maximum absolute atomic E-state index is 12.4. The van der Waals surface area contributed by atoms with E-state index >= 15 is 0 Å². The highest BCUT2D eigenvalue weighted by atomic mass is 32.1. The van der Waals surface area contributed by atoms with Crippen LogP contribution >= 0.6 is 11.3 Å². The van der Waals surface area contributed by atoms with Gasteiger partial charge in [0, 0.05) is 25.4 Å². The molecule has 4 rings (SSSR count). The van der Waals surface area contributed by atoms with Crippen molar-refractivity contribution < 1.29 is 14.3 Å². The molecule has 2 aliphatic rings. The van der Waals surface area contributed by atoms with E-state index in [4.69, 9.17) is 9.47 Å². The Labute approximate surface area is 151 Å². The molecule has 3 heterocycles. The fraction of sp³-hybridized carbons (Fsp3) is 0.579. The number of ether oxygens (including phenoxy) is 2. The third-order valence-electron chi connectivity index (χ3n) is 5.04. The molecule has 1 aromatic heterocycles. The van der Waals surface area contributed by atoms with Crippen molar-refractivity contribution in [1.82, 2.24) is 9.88 Å². The first kappa shape index (κ1) is 16.9. The molecule has 0 bridgehead atoms. The van der Waals surface area contributed by atoms with E-state index in [1.54, 1.807) is 11.3 Å². The normalized spacial score (nSPS) is 19.8. The number of hydrogen-bond acceptors (Lipinski definition) is 5. The predicted octanol–water partition coefficient (Wildman–Crippen LogP) is 3.23. The summed E-state index contributed by atoms with van der Waals surface area (Å²) in [6.45, 7) is 3.06. The number of hydrogen-bond donors (Lipinski definition) is 0. The zero-order valence-electron chi connectivity index (χ0n) is 14.4. The lowest BCUT2D eigenvalue weighted by atomic mass is 9.96. The summed E-state index contributed by atoms with van der Waals surface area (Å²) in [5.74, 6) is 0.710. The number of fused-ring (bicyclic) bond motifs is 1. The van der Waals surface area contributed by atoms with Gasteiger partial charge < -0.3 is 14.4 Å². The van der Waals surface area contributed by atoms with E-state index in [9.17, 15) is 4.79 Å². The Morgan fingerprint density at radius 3 is 2.72 bits per heavy atom. The lowest BCUT2D eigenvalue weighted by Gasteiger charge is -2.33. The summed E-state index contributed by atoms with van der Waals surface area (Å²) >= 11 is 1.74. The standard InChI is InChI=1S/C19H24N2O3S/c22-18(21-10-8-14(9-11-21)19-23-12-13-24-19)7-3-6-17-20-15-4-1-2-5-16(15)25-17/h1-2,4-5,14,19H,3,6-13H2. The average molecular weight is 360 g/mol. The topological polar surface area (TPSA) is 51.7 Å². The molecule has 1 amide bonds. The quantitative estimate of drug-likeness (QED) is 0.821. The number of thiazole rings is 1. The van der Waals surface area contributed by atoms with E-state index in [-0.39, 0.29) is 12.2 Å². The molecule has 0 aliphatic carbocycles. The number of carbonyl (C=O) groups excluding carboxylic acids is 1. The van der Waals surface area contributed by atoms with E-state index in [2.05, 4.69) is 11.1 Å². The van der Waals surface area contributed by atoms with Crippen molar-refractivity contribution in [3.8, 4) is 0 Å². The summed E-state index contributed by atoms with van der Waals surface area (Å²) in [4.78, 5) is 19.1. The summed E-state index contributed by atoms with van der Waals surface area (Å²) in [6, 6.07) is 8.20. The van der Waals surface area contributed by atoms with Crippen LogP contribution in [-0.2, 0) is 20.7 Å². The van der Waals surface area contributed by atoms with E-state index in [0.717, 1.165) is 49.3 Å². The summed E-state index contributed by atoms with van der Waals surface area (Å²) < 4.78 is 12.4. The average Bonchev–Trinajstić information content (AvgIpc) is 3.31. The molecule has 0 N–H and O–H groups in total. The van der Waals surface area contributed by atoms with Crippen LogP contribution in [-0.4, -0.2) is 48.4 Å². The monoisotopic (exact) mass is 360 g/mol. The van der Waals surface area contributed by atoms with Crippen LogP contribution in [0, 0.1) is 5.92 Å². The summed E-state index contributed by atoms with van der Waals surface area (Å²) in [6.07, 6.45) is 4.27. The maximum Gasteiger partial charge on any atom is 0.222 e. The fourth-order valence-corrected chi connectivity index (χ4v) is 4.65. The summed E-state index contributed by atoms with van der Waals surface area (Å²) in [5, 5.41) is 1.13. The van der Waals surface area contributed by atoms with E-state index in [1.807, 2.05) is 23.1 Å². The molecule has 2 aromatic rings. The molecule has 1 aromatic carbocycles. The smallest absolute Gasteiger partial charge is 0.222 e. The molecule has 6 heteroatoms. The van der Waals surface area contributed by atoms with Gasteiger partial charge in [0.2, 0.25) is 5.91 Å². The first-order valence-electron chi connectivity index (χ1n) is 9.15. The molecule has 0 unspecified atom stereocenters. The first-order valence-corrected chi connectivity index (χ1v) is 9.97. The second kappa shape index (κ2) is 7.81. The second-order valence-corrected chi connectivity index (χ2v) is 7.87. The Hall–Kier alpha value is -1.50. The van der Waals surface area contributed by atoms with E-state index < -0.39 is 0 Å². The van der Waals surface area contributed by atoms with Gasteiger partial charge in [-0.3, -0.25) is 4.79 Å². The first-order chi connectivity index (χ1) is 12.3. The number of aromatic nitrogens is 1. The van der Waals surface area contributed by atoms with Crippen molar-refractivity contribution in [3.63, 3.8) is 0 Å². The Morgan fingerprint density at radius 1 is 1.20 bits per heavy atom. The molecular formula is C19H24N2O3S. The highest BCUT2D eigenvalue weighted by Crippen LogP contribution is 2.26. The number of nitrogens with zero attached hydrogens (tertiary/aromatic N) is 2. The Balaban J connectivity index is 1.21. The highest BCUT2D eigenvalue weighted by molar-refractivity contribution is 7.18. The van der Waals surface area contributed by atoms with Crippen LogP contribution in [0.15, 0.2) is 24.3 Å². The van der Waals surface area contributed by atoms with Gasteiger partial charge in [0.25, 0.3) is 0 Å². The molecule has 2 fully saturated rings. The van der Waals surface area contributed by atoms with Crippen LogP contribution < -0.4 is 0 Å². The van der Waals surface area contributed by atoms with Crippen molar-refractivity contribution in [2.75, 3.05) is 26.3 Å². The molecule has 0 saturated carbocycles. The van der Waals surface area contributed by atoms with Gasteiger partial charge in [-0.05, 0) is 37.8 Å². The zero-order valence-corrected chi connectivity index (χ0v) is 15.2. The SMILES string of the molecule is O=C(CCCc1nc2ccccc2s1)N1CCC(C2OCCO2)CC1. The molecule has 5 nitrogen and oxygen atoms in total. The molecule has 0 radical (unpaired) electrons. The minimum atomic E-state index is -0.0451. The van der Waals surface area contributed by atoms with Gasteiger partial charge in [0.15, 0.2) is 6.29 Å². The van der Waals surface area contributed by atoms with Crippen LogP contribution in [0.5, 0.6) is 0 Å². The molecule has 0 atom stereocenters. The molecule has 2 aliphatic heterocycles. The number of likely N-dealkylation sites (tertiary alicyclic amines) is 1. The van der Waals surface area contributed by atoms with Gasteiger partial charge >= 0.3 is 0 Å². The largest absolute Gasteiger partial charge is 0.350 e. The third kappa shape index (κ3) is 4.02. The lowest BCUT2D eigenvalue weighted by Crippen LogP contribution is -2.41. The number of benzene rings is 1. The number of piperidine rings is 1. The number of aryl methyl sites for hydroxylation is 1. The van der Waals surface area contributed by atoms with Gasteiger partial charge in [0.05, 0.1) is 28.4 Å². The predicted molar refractivity (Wildman–Crippen MR) is 97.6 cm³/mol. The van der Waals surface area contributed by atoms with Crippen molar-refractivity contribution in [3.05, 3.63) is 29.3 Å². The fourth-order valence-electron chi connectivity index (χ4n) is 3.65. The molecular weight excluding hydrogens is 336 g/mol. The van der Waals surface area contributed by atoms with E-state index in [1.165, 1.54) is 4.70 Å². The van der Waals surface area contributed by atoms with Crippen molar-refractivity contribution in [1.29, 1.82) is 0 Å². The van der Waals surface area contributed by atoms with Gasteiger partial charge in [0.1, 0.15) is 0 Å². The zero-order chi connectivity index (χ0) is 17.1. The Bertz CT molecular complexity index is 685. The Morgan fingerprint density at radius 2 is 1.96 bits per heavy atom. The van der Waals surface area contributed by atoms with Crippen LogP contribution in [0.2, 0.25) is 0 Å². The molecule has 134 valence electrons. The number of rotatable bonds is 5. The number of para-hydroxylation sites is 1. The number of amides is 1. The van der Waals surface area contributed by atoms with Crippen molar-refractivity contribution in [2.24, 2.45) is 5.92 Å². The van der Waals surface area contributed by atoms with Crippen molar-refractivity contribution in [2.45, 2.75) is 38.4 Å². The minimum absolute atomic E-state index is 0.0451. The van der Waals surface area contributed by atoms with Gasteiger partial charge in [-0.1, -0.05) is 12.1 Å². The van der Waals surface area contributed by atoms with E-state index in [0.29, 0.717) is 25.6 Å². The lowest BCUT2D eigenvalue weighted by molar-refractivity contribution is -0.136. The summed E-state index contributed by atoms with van der Waals surface area (Å²) in [5.41, 5.74) is 1.06. The Kier molecular flexibility index (Phi) is 5.29. The van der Waals surface area contributed by atoms with Crippen molar-refractivity contribution >= 4 is 27.5 Å². The van der Waals surface area contributed by atoms with Crippen LogP contribution in [0.4, 0.5) is 0 Å². The molecule has 25 heavy (non-hydrogen) atoms. The third-order valence-corrected chi connectivity index (χ3v) is 6.14. The van der Waals surface area contributed by atoms with Crippen LogP contribution in [0.25, 0.3) is 10.2 Å². The van der Waals surface area contributed by atoms with Crippen LogP contribution in [0.3, 0.4) is 0 Å². The second-order valence-electron chi connectivity index (χ2n) is 6.76. The van der Waals surface area contributed by atoms with Gasteiger partial charge in [-0.2, -0.15) is 0 Å². The maximum atomic E-state index is 12.4. The van der Waals surface area contributed by atoms with Gasteiger partial charge in [-0.15, -0.1) is 11.3 Å². The highest BCUT2D eigenvalue weighted by Gasteiger charge is 2.31. The molecule has 0 spiro atoms. The molecule has 2 saturated heterocycles. The number of carbonyl (C=O) groups is 1. The van der Waals surface area contributed by atoms with Gasteiger partial charge in [-0.25, -0.2) is 4.98 Å². The van der Waals surface area contributed by atoms with Crippen LogP contribution in [0.1, 0.15) is 30.7 Å². The minimum Gasteiger partial charge on any atom is -0.350 e.